The largest absolute Gasteiger partial charge is 0.507 e. The molecule has 3 aromatic rings. The summed E-state index contributed by atoms with van der Waals surface area (Å²) in [4.78, 5) is 9.56. The molecule has 0 saturated heterocycles. The number of aliphatic carboxylic acids is 1. The van der Waals surface area contributed by atoms with Crippen LogP contribution in [0.15, 0.2) is 76.5 Å². The van der Waals surface area contributed by atoms with Crippen LogP contribution in [0, 0.1) is 0 Å². The molecule has 0 aliphatic rings. The van der Waals surface area contributed by atoms with Gasteiger partial charge in [0.1, 0.15) is 16.4 Å². The number of alkyl halides is 6. The number of phenols is 1. The van der Waals surface area contributed by atoms with Crippen molar-refractivity contribution in [3.63, 3.8) is 0 Å². The minimum Gasteiger partial charge on any atom is -0.507 e. The standard InChI is InChI=1S/C23H14F6O6S/c24-22(25,26)16-10-13(6-9-20(31)32)11-17(23(27,28)29)21(16)35-14-7-8-18(30)19(12-14)36(33,34)15-4-2-1-3-5-15/h1-12,30H,(H,31,32). The zero-order valence-corrected chi connectivity index (χ0v) is 18.4. The van der Waals surface area contributed by atoms with E-state index in [1.54, 1.807) is 0 Å². The molecule has 0 amide bonds. The van der Waals surface area contributed by atoms with Crippen LogP contribution in [0.5, 0.6) is 17.2 Å². The Kier molecular flexibility index (Phi) is 7.07. The minimum atomic E-state index is -5.38. The van der Waals surface area contributed by atoms with Gasteiger partial charge in [0.15, 0.2) is 5.75 Å². The van der Waals surface area contributed by atoms with Gasteiger partial charge >= 0.3 is 18.3 Å². The van der Waals surface area contributed by atoms with Crippen molar-refractivity contribution in [3.05, 3.63) is 83.4 Å². The van der Waals surface area contributed by atoms with Crippen molar-refractivity contribution in [3.8, 4) is 17.2 Å². The second kappa shape index (κ2) is 9.57. The molecule has 6 nitrogen and oxygen atoms in total. The first kappa shape index (κ1) is 26.6. The fraction of sp³-hybridized carbons (Fsp3) is 0.0870. The molecule has 0 unspecified atom stereocenters. The molecule has 3 rings (SSSR count). The molecule has 13 heteroatoms. The Labute approximate surface area is 199 Å². The van der Waals surface area contributed by atoms with E-state index in [2.05, 4.69) is 0 Å². The van der Waals surface area contributed by atoms with E-state index in [-0.39, 0.29) is 17.0 Å². The normalized spacial score (nSPS) is 12.6. The number of carbonyl (C=O) groups is 1. The first-order valence-corrected chi connectivity index (χ1v) is 11.1. The molecule has 0 saturated carbocycles. The molecule has 0 radical (unpaired) electrons. The lowest BCUT2D eigenvalue weighted by Crippen LogP contribution is -2.14. The molecular weight excluding hydrogens is 518 g/mol. The zero-order chi connectivity index (χ0) is 26.9. The number of hydrogen-bond donors (Lipinski definition) is 2. The Balaban J connectivity index is 2.21. The van der Waals surface area contributed by atoms with Gasteiger partial charge in [-0.3, -0.25) is 0 Å². The maximum Gasteiger partial charge on any atom is 0.420 e. The number of phenolic OH excluding ortho intramolecular Hbond substituents is 1. The molecule has 190 valence electrons. The summed E-state index contributed by atoms with van der Waals surface area (Å²) in [5, 5.41) is 18.7. The molecule has 36 heavy (non-hydrogen) atoms. The van der Waals surface area contributed by atoms with Gasteiger partial charge in [0.25, 0.3) is 0 Å². The van der Waals surface area contributed by atoms with E-state index >= 15 is 0 Å². The summed E-state index contributed by atoms with van der Waals surface area (Å²) in [5.74, 6) is -4.84. The maximum atomic E-state index is 13.7. The number of rotatable bonds is 6. The highest BCUT2D eigenvalue weighted by atomic mass is 32.2. The van der Waals surface area contributed by atoms with E-state index < -0.39 is 67.0 Å². The topological polar surface area (TPSA) is 101 Å². The highest BCUT2D eigenvalue weighted by Gasteiger charge is 2.43. The molecule has 0 heterocycles. The smallest absolute Gasteiger partial charge is 0.420 e. The molecule has 2 N–H and O–H groups in total. The minimum absolute atomic E-state index is 0.256. The number of halogens is 6. The van der Waals surface area contributed by atoms with Crippen molar-refractivity contribution >= 4 is 21.9 Å². The van der Waals surface area contributed by atoms with Crippen LogP contribution in [0.2, 0.25) is 0 Å². The average molecular weight is 532 g/mol. The lowest BCUT2D eigenvalue weighted by Gasteiger charge is -2.20. The van der Waals surface area contributed by atoms with E-state index in [0.29, 0.717) is 18.2 Å². The van der Waals surface area contributed by atoms with E-state index in [1.807, 2.05) is 0 Å². The van der Waals surface area contributed by atoms with Crippen molar-refractivity contribution < 1.29 is 54.5 Å². The molecule has 0 atom stereocenters. The Morgan fingerprint density at radius 3 is 1.92 bits per heavy atom. The predicted molar refractivity (Wildman–Crippen MR) is 113 cm³/mol. The molecule has 0 spiro atoms. The second-order valence-electron chi connectivity index (χ2n) is 7.16. The van der Waals surface area contributed by atoms with Gasteiger partial charge in [-0.15, -0.1) is 0 Å². The fourth-order valence-electron chi connectivity index (χ4n) is 3.06. The molecule has 0 bridgehead atoms. The van der Waals surface area contributed by atoms with Crippen LogP contribution in [-0.2, 0) is 27.0 Å². The summed E-state index contributed by atoms with van der Waals surface area (Å²) >= 11 is 0. The molecule has 0 fully saturated rings. The second-order valence-corrected chi connectivity index (χ2v) is 9.08. The van der Waals surface area contributed by atoms with Gasteiger partial charge in [0.05, 0.1) is 16.0 Å². The molecule has 0 aliphatic carbocycles. The van der Waals surface area contributed by atoms with Crippen LogP contribution in [-0.4, -0.2) is 24.6 Å². The van der Waals surface area contributed by atoms with Gasteiger partial charge in [-0.2, -0.15) is 26.3 Å². The number of hydrogen-bond acceptors (Lipinski definition) is 5. The van der Waals surface area contributed by atoms with Gasteiger partial charge in [0.2, 0.25) is 9.84 Å². The van der Waals surface area contributed by atoms with Crippen LogP contribution >= 0.6 is 0 Å². The number of carboxylic acid groups (broad SMARTS) is 1. The summed E-state index contributed by atoms with van der Waals surface area (Å²) in [7, 11) is -4.42. The Bertz CT molecular complexity index is 1390. The maximum absolute atomic E-state index is 13.7. The predicted octanol–water partition coefficient (Wildman–Crippen LogP) is 6.15. The SMILES string of the molecule is O=C(O)C=Cc1cc(C(F)(F)F)c(Oc2ccc(O)c(S(=O)(=O)c3ccccc3)c2)c(C(F)(F)F)c1. The van der Waals surface area contributed by atoms with E-state index in [4.69, 9.17) is 9.84 Å². The van der Waals surface area contributed by atoms with Crippen molar-refractivity contribution in [2.75, 3.05) is 0 Å². The third-order valence-corrected chi connectivity index (χ3v) is 6.43. The van der Waals surface area contributed by atoms with Crippen LogP contribution in [0.4, 0.5) is 26.3 Å². The van der Waals surface area contributed by atoms with E-state index in [9.17, 15) is 44.7 Å². The van der Waals surface area contributed by atoms with E-state index in [0.717, 1.165) is 12.1 Å². The highest BCUT2D eigenvalue weighted by Crippen LogP contribution is 2.47. The monoisotopic (exact) mass is 532 g/mol. The van der Waals surface area contributed by atoms with Crippen molar-refractivity contribution in [1.29, 1.82) is 0 Å². The van der Waals surface area contributed by atoms with Gasteiger partial charge < -0.3 is 14.9 Å². The number of benzene rings is 3. The third-order valence-electron chi connectivity index (χ3n) is 4.63. The summed E-state index contributed by atoms with van der Waals surface area (Å²) in [6.45, 7) is 0. The van der Waals surface area contributed by atoms with Crippen LogP contribution < -0.4 is 4.74 Å². The van der Waals surface area contributed by atoms with Crippen LogP contribution in [0.25, 0.3) is 6.08 Å². The van der Waals surface area contributed by atoms with Gasteiger partial charge in [-0.25, -0.2) is 13.2 Å². The lowest BCUT2D eigenvalue weighted by molar-refractivity contribution is -0.145. The van der Waals surface area contributed by atoms with Gasteiger partial charge in [0, 0.05) is 12.1 Å². The third kappa shape index (κ3) is 5.79. The Morgan fingerprint density at radius 2 is 1.42 bits per heavy atom. The number of aromatic hydroxyl groups is 1. The molecule has 0 aromatic heterocycles. The number of sulfone groups is 1. The highest BCUT2D eigenvalue weighted by molar-refractivity contribution is 7.91. The van der Waals surface area contributed by atoms with Gasteiger partial charge in [-0.05, 0) is 48.0 Å². The van der Waals surface area contributed by atoms with E-state index in [1.165, 1.54) is 30.3 Å². The van der Waals surface area contributed by atoms with Gasteiger partial charge in [-0.1, -0.05) is 18.2 Å². The van der Waals surface area contributed by atoms with Crippen LogP contribution in [0.1, 0.15) is 16.7 Å². The van der Waals surface area contributed by atoms with Crippen molar-refractivity contribution in [1.82, 2.24) is 0 Å². The van der Waals surface area contributed by atoms with Crippen LogP contribution in [0.3, 0.4) is 0 Å². The molecule has 0 aliphatic heterocycles. The fourth-order valence-corrected chi connectivity index (χ4v) is 4.45. The Morgan fingerprint density at radius 1 is 0.861 bits per heavy atom. The first-order valence-electron chi connectivity index (χ1n) is 9.65. The molecule has 3 aromatic carbocycles. The number of carboxylic acids is 1. The quantitative estimate of drug-likeness (QED) is 0.292. The average Bonchev–Trinajstić information content (AvgIpc) is 2.78. The molecular formula is C23H14F6O6S. The summed E-state index contributed by atoms with van der Waals surface area (Å²) in [6, 6.07) is 9.24. The Hall–Kier alpha value is -4.00. The van der Waals surface area contributed by atoms with Crippen molar-refractivity contribution in [2.45, 2.75) is 22.1 Å². The number of ether oxygens (including phenoxy) is 1. The van der Waals surface area contributed by atoms with Crippen molar-refractivity contribution in [2.24, 2.45) is 0 Å². The first-order chi connectivity index (χ1) is 16.6. The summed E-state index contributed by atoms with van der Waals surface area (Å²) < 4.78 is 113. The summed E-state index contributed by atoms with van der Waals surface area (Å²) in [6.07, 6.45) is -9.85. The lowest BCUT2D eigenvalue weighted by atomic mass is 10.0. The summed E-state index contributed by atoms with van der Waals surface area (Å²) in [5.41, 5.74) is -4.49. The zero-order valence-electron chi connectivity index (χ0n) is 17.6.